The lowest BCUT2D eigenvalue weighted by molar-refractivity contribution is 0.408. The van der Waals surface area contributed by atoms with E-state index in [0.29, 0.717) is 16.5 Å². The normalized spacial score (nSPS) is 14.5. The molecular weight excluding hydrogens is 249 g/mol. The van der Waals surface area contributed by atoms with Crippen LogP contribution in [-0.2, 0) is 0 Å². The first-order valence-corrected chi connectivity index (χ1v) is 7.14. The first-order chi connectivity index (χ1) is 8.61. The molecule has 0 fully saturated rings. The molecule has 1 rings (SSSR count). The quantitative estimate of drug-likeness (QED) is 0.714. The van der Waals surface area contributed by atoms with E-state index in [1.165, 1.54) is 6.07 Å². The second kappa shape index (κ2) is 7.75. The summed E-state index contributed by atoms with van der Waals surface area (Å²) in [7, 11) is 0. The Hall–Kier alpha value is -0.600. The summed E-state index contributed by atoms with van der Waals surface area (Å²) in [6, 6.07) is 4.93. The minimum absolute atomic E-state index is 0.134. The minimum atomic E-state index is -0.189. The average Bonchev–Trinajstić information content (AvgIpc) is 2.36. The molecule has 3 heteroatoms. The highest BCUT2D eigenvalue weighted by Crippen LogP contribution is 2.33. The van der Waals surface area contributed by atoms with Gasteiger partial charge < -0.3 is 5.32 Å². The van der Waals surface area contributed by atoms with Gasteiger partial charge in [-0.25, -0.2) is 4.39 Å². The second-order valence-corrected chi connectivity index (χ2v) is 5.24. The molecule has 102 valence electrons. The van der Waals surface area contributed by atoms with Crippen molar-refractivity contribution in [3.63, 3.8) is 0 Å². The number of rotatable bonds is 7. The van der Waals surface area contributed by atoms with E-state index in [4.69, 9.17) is 11.6 Å². The summed E-state index contributed by atoms with van der Waals surface area (Å²) in [6.45, 7) is 8.15. The zero-order valence-corrected chi connectivity index (χ0v) is 12.2. The Balaban J connectivity index is 2.94. The smallest absolute Gasteiger partial charge is 0.128 e. The van der Waals surface area contributed by atoms with Gasteiger partial charge in [-0.2, -0.15) is 0 Å². The fourth-order valence-corrected chi connectivity index (χ4v) is 2.47. The van der Waals surface area contributed by atoms with Gasteiger partial charge >= 0.3 is 0 Å². The lowest BCUT2D eigenvalue weighted by atomic mass is 9.85. The average molecular weight is 272 g/mol. The van der Waals surface area contributed by atoms with Crippen molar-refractivity contribution in [2.45, 2.75) is 39.5 Å². The molecule has 1 N–H and O–H groups in total. The van der Waals surface area contributed by atoms with Crippen molar-refractivity contribution in [2.24, 2.45) is 5.92 Å². The Labute approximate surface area is 115 Å². The molecule has 0 aromatic heterocycles. The van der Waals surface area contributed by atoms with Gasteiger partial charge in [-0.05, 0) is 31.0 Å². The summed E-state index contributed by atoms with van der Waals surface area (Å²) in [6.07, 6.45) is 2.10. The van der Waals surface area contributed by atoms with Crippen molar-refractivity contribution in [3.05, 3.63) is 34.6 Å². The van der Waals surface area contributed by atoms with E-state index in [2.05, 4.69) is 26.1 Å². The van der Waals surface area contributed by atoms with Crippen molar-refractivity contribution >= 4 is 11.6 Å². The molecule has 0 bridgehead atoms. The maximum atomic E-state index is 14.0. The highest BCUT2D eigenvalue weighted by Gasteiger charge is 2.23. The third-order valence-corrected chi connectivity index (χ3v) is 3.82. The first-order valence-electron chi connectivity index (χ1n) is 6.76. The second-order valence-electron chi connectivity index (χ2n) is 4.83. The molecule has 0 aliphatic rings. The SMILES string of the molecule is CCCNCC(c1c(F)cccc1Cl)C(C)CC. The molecule has 2 atom stereocenters. The van der Waals surface area contributed by atoms with Crippen LogP contribution in [0.25, 0.3) is 0 Å². The van der Waals surface area contributed by atoms with Gasteiger partial charge in [0.15, 0.2) is 0 Å². The van der Waals surface area contributed by atoms with Crippen LogP contribution in [0.15, 0.2) is 18.2 Å². The van der Waals surface area contributed by atoms with Crippen LogP contribution < -0.4 is 5.32 Å². The van der Waals surface area contributed by atoms with Gasteiger partial charge in [-0.1, -0.05) is 44.9 Å². The molecule has 0 saturated carbocycles. The molecule has 1 nitrogen and oxygen atoms in total. The van der Waals surface area contributed by atoms with Crippen LogP contribution >= 0.6 is 11.6 Å². The van der Waals surface area contributed by atoms with Crippen LogP contribution in [0.1, 0.15) is 45.1 Å². The van der Waals surface area contributed by atoms with Crippen LogP contribution in [-0.4, -0.2) is 13.1 Å². The van der Waals surface area contributed by atoms with Gasteiger partial charge in [0.25, 0.3) is 0 Å². The fraction of sp³-hybridized carbons (Fsp3) is 0.600. The Morgan fingerprint density at radius 1 is 1.33 bits per heavy atom. The fourth-order valence-electron chi connectivity index (χ4n) is 2.17. The first kappa shape index (κ1) is 15.5. The zero-order valence-electron chi connectivity index (χ0n) is 11.5. The standard InChI is InChI=1S/C15H23ClFN/c1-4-9-18-10-12(11(3)5-2)15-13(16)7-6-8-14(15)17/h6-8,11-12,18H,4-5,9-10H2,1-3H3. The van der Waals surface area contributed by atoms with Crippen molar-refractivity contribution in [1.29, 1.82) is 0 Å². The predicted octanol–water partition coefficient (Wildman–Crippen LogP) is 4.61. The zero-order chi connectivity index (χ0) is 13.5. The number of hydrogen-bond acceptors (Lipinski definition) is 1. The van der Waals surface area contributed by atoms with Crippen LogP contribution in [0.5, 0.6) is 0 Å². The third kappa shape index (κ3) is 3.96. The summed E-state index contributed by atoms with van der Waals surface area (Å²) in [5, 5.41) is 3.92. The van der Waals surface area contributed by atoms with Gasteiger partial charge in [-0.15, -0.1) is 0 Å². The van der Waals surface area contributed by atoms with E-state index in [1.54, 1.807) is 12.1 Å². The highest BCUT2D eigenvalue weighted by atomic mass is 35.5. The Bertz CT molecular complexity index is 347. The molecular formula is C15H23ClFN. The summed E-state index contributed by atoms with van der Waals surface area (Å²) < 4.78 is 14.0. The molecule has 1 aromatic rings. The van der Waals surface area contributed by atoms with Crippen LogP contribution in [0, 0.1) is 11.7 Å². The molecule has 0 radical (unpaired) electrons. The maximum Gasteiger partial charge on any atom is 0.128 e. The molecule has 1 aromatic carbocycles. The molecule has 18 heavy (non-hydrogen) atoms. The largest absolute Gasteiger partial charge is 0.316 e. The predicted molar refractivity (Wildman–Crippen MR) is 76.8 cm³/mol. The van der Waals surface area contributed by atoms with Crippen molar-refractivity contribution in [2.75, 3.05) is 13.1 Å². The van der Waals surface area contributed by atoms with E-state index < -0.39 is 0 Å². The molecule has 0 aliphatic carbocycles. The highest BCUT2D eigenvalue weighted by molar-refractivity contribution is 6.31. The summed E-state index contributed by atoms with van der Waals surface area (Å²) in [5.74, 6) is 0.352. The Morgan fingerprint density at radius 3 is 2.61 bits per heavy atom. The molecule has 2 unspecified atom stereocenters. The van der Waals surface area contributed by atoms with Crippen molar-refractivity contribution in [1.82, 2.24) is 5.32 Å². The molecule has 0 saturated heterocycles. The van der Waals surface area contributed by atoms with Crippen molar-refractivity contribution < 1.29 is 4.39 Å². The van der Waals surface area contributed by atoms with Gasteiger partial charge in [-0.3, -0.25) is 0 Å². The van der Waals surface area contributed by atoms with E-state index in [0.717, 1.165) is 25.9 Å². The molecule has 0 aliphatic heterocycles. The summed E-state index contributed by atoms with van der Waals surface area (Å²) in [4.78, 5) is 0. The number of benzene rings is 1. The lowest BCUT2D eigenvalue weighted by Crippen LogP contribution is -2.27. The number of nitrogens with one attached hydrogen (secondary N) is 1. The van der Waals surface area contributed by atoms with E-state index >= 15 is 0 Å². The van der Waals surface area contributed by atoms with Gasteiger partial charge in [0.2, 0.25) is 0 Å². The Morgan fingerprint density at radius 2 is 2.06 bits per heavy atom. The number of halogens is 2. The third-order valence-electron chi connectivity index (χ3n) is 3.49. The van der Waals surface area contributed by atoms with Gasteiger partial charge in [0.05, 0.1) is 0 Å². The van der Waals surface area contributed by atoms with Gasteiger partial charge in [0.1, 0.15) is 5.82 Å². The van der Waals surface area contributed by atoms with E-state index in [9.17, 15) is 4.39 Å². The van der Waals surface area contributed by atoms with Crippen molar-refractivity contribution in [3.8, 4) is 0 Å². The van der Waals surface area contributed by atoms with E-state index in [-0.39, 0.29) is 11.7 Å². The summed E-state index contributed by atoms with van der Waals surface area (Å²) in [5.41, 5.74) is 0.664. The molecule has 0 amide bonds. The molecule has 0 spiro atoms. The monoisotopic (exact) mass is 271 g/mol. The van der Waals surface area contributed by atoms with E-state index in [1.807, 2.05) is 0 Å². The maximum absolute atomic E-state index is 14.0. The topological polar surface area (TPSA) is 12.0 Å². The minimum Gasteiger partial charge on any atom is -0.316 e. The Kier molecular flexibility index (Phi) is 6.66. The van der Waals surface area contributed by atoms with Crippen LogP contribution in [0.3, 0.4) is 0 Å². The number of hydrogen-bond donors (Lipinski definition) is 1. The lowest BCUT2D eigenvalue weighted by Gasteiger charge is -2.25. The molecule has 0 heterocycles. The van der Waals surface area contributed by atoms with Crippen LogP contribution in [0.2, 0.25) is 5.02 Å². The van der Waals surface area contributed by atoms with Crippen LogP contribution in [0.4, 0.5) is 4.39 Å². The van der Waals surface area contributed by atoms with Gasteiger partial charge in [0, 0.05) is 23.0 Å². The summed E-state index contributed by atoms with van der Waals surface area (Å²) >= 11 is 6.17.